The lowest BCUT2D eigenvalue weighted by molar-refractivity contribution is -0.937. The van der Waals surface area contributed by atoms with E-state index in [2.05, 4.69) is 0 Å². The molecule has 17 heavy (non-hydrogen) atoms. The Morgan fingerprint density at radius 3 is 2.71 bits per heavy atom. The van der Waals surface area contributed by atoms with Crippen molar-refractivity contribution in [2.24, 2.45) is 0 Å². The van der Waals surface area contributed by atoms with Crippen molar-refractivity contribution in [2.45, 2.75) is 31.8 Å². The van der Waals surface area contributed by atoms with Crippen LogP contribution in [0.2, 0.25) is 0 Å². The number of carbonyl (C=O) groups is 1. The summed E-state index contributed by atoms with van der Waals surface area (Å²) in [5.74, 6) is -1.24. The highest BCUT2D eigenvalue weighted by Gasteiger charge is 2.26. The zero-order chi connectivity index (χ0) is 12.3. The number of likely N-dealkylation sites (tertiary alicyclic amines) is 1. The molecular weight excluding hydrogens is 221 g/mol. The number of carboxylic acids is 1. The average Bonchev–Trinajstić information content (AvgIpc) is 2.32. The maximum Gasteiger partial charge on any atom is 0.128 e. The molecule has 0 aromatic heterocycles. The Morgan fingerprint density at radius 2 is 2.06 bits per heavy atom. The normalized spacial score (nSPS) is 24.5. The van der Waals surface area contributed by atoms with E-state index in [9.17, 15) is 14.3 Å². The second-order valence-electron chi connectivity index (χ2n) is 4.58. The number of hydrogen-bond acceptors (Lipinski definition) is 2. The topological polar surface area (TPSA) is 44.6 Å². The van der Waals surface area contributed by atoms with Crippen LogP contribution in [-0.2, 0) is 11.3 Å². The first-order valence-electron chi connectivity index (χ1n) is 5.96. The zero-order valence-corrected chi connectivity index (χ0v) is 9.62. The Kier molecular flexibility index (Phi) is 3.74. The molecule has 0 radical (unpaired) electrons. The van der Waals surface area contributed by atoms with Gasteiger partial charge in [0, 0.05) is 12.0 Å². The van der Waals surface area contributed by atoms with Gasteiger partial charge in [0.2, 0.25) is 0 Å². The number of carboxylic acid groups (broad SMARTS) is 1. The minimum absolute atomic E-state index is 0.265. The third kappa shape index (κ3) is 3.03. The van der Waals surface area contributed by atoms with E-state index in [1.54, 1.807) is 12.1 Å². The molecule has 0 aliphatic carbocycles. The molecule has 1 heterocycles. The van der Waals surface area contributed by atoms with Crippen LogP contribution in [0.4, 0.5) is 4.39 Å². The summed E-state index contributed by atoms with van der Waals surface area (Å²) >= 11 is 0. The maximum absolute atomic E-state index is 12.8. The van der Waals surface area contributed by atoms with Crippen LogP contribution in [0.3, 0.4) is 0 Å². The summed E-state index contributed by atoms with van der Waals surface area (Å²) in [6.45, 7) is 1.47. The van der Waals surface area contributed by atoms with E-state index < -0.39 is 12.0 Å². The first-order valence-corrected chi connectivity index (χ1v) is 5.96. The van der Waals surface area contributed by atoms with Crippen LogP contribution < -0.4 is 10.0 Å². The van der Waals surface area contributed by atoms with Crippen LogP contribution in [-0.4, -0.2) is 18.6 Å². The molecule has 1 aromatic carbocycles. The molecule has 1 aliphatic heterocycles. The van der Waals surface area contributed by atoms with E-state index >= 15 is 0 Å². The van der Waals surface area contributed by atoms with Crippen molar-refractivity contribution in [3.8, 4) is 0 Å². The second kappa shape index (κ2) is 5.27. The Labute approximate surface area is 99.9 Å². The van der Waals surface area contributed by atoms with E-state index in [4.69, 9.17) is 0 Å². The number of nitrogens with one attached hydrogen (secondary N) is 1. The summed E-state index contributed by atoms with van der Waals surface area (Å²) in [7, 11) is 0. The number of carbonyl (C=O) groups excluding carboxylic acids is 1. The summed E-state index contributed by atoms with van der Waals surface area (Å²) in [6.07, 6.45) is 2.67. The molecule has 2 atom stereocenters. The standard InChI is InChI=1S/C13H16FNO2/c14-11-6-4-10(5-7-11)9-15-8-2-1-3-12(15)13(16)17/h4-7,12H,1-3,8-9H2,(H,16,17)/t12-/m1/s1. The summed E-state index contributed by atoms with van der Waals surface area (Å²) in [5, 5.41) is 11.0. The van der Waals surface area contributed by atoms with Gasteiger partial charge in [-0.05, 0) is 25.0 Å². The molecule has 1 N–H and O–H groups in total. The molecule has 2 rings (SSSR count). The highest BCUT2D eigenvalue weighted by atomic mass is 19.1. The molecule has 3 nitrogen and oxygen atoms in total. The van der Waals surface area contributed by atoms with Crippen molar-refractivity contribution >= 4 is 5.97 Å². The smallest absolute Gasteiger partial charge is 0.128 e. The van der Waals surface area contributed by atoms with E-state index in [0.29, 0.717) is 13.0 Å². The van der Waals surface area contributed by atoms with Crippen LogP contribution in [0.25, 0.3) is 0 Å². The van der Waals surface area contributed by atoms with Crippen molar-refractivity contribution < 1.29 is 19.2 Å². The summed E-state index contributed by atoms with van der Waals surface area (Å²) < 4.78 is 12.8. The van der Waals surface area contributed by atoms with Crippen LogP contribution in [0.15, 0.2) is 24.3 Å². The molecule has 1 aromatic rings. The number of halogens is 1. The Hall–Kier alpha value is -1.42. The van der Waals surface area contributed by atoms with Crippen molar-refractivity contribution in [3.63, 3.8) is 0 Å². The number of benzene rings is 1. The second-order valence-corrected chi connectivity index (χ2v) is 4.58. The quantitative estimate of drug-likeness (QED) is 0.771. The summed E-state index contributed by atoms with van der Waals surface area (Å²) in [5.41, 5.74) is 0.967. The van der Waals surface area contributed by atoms with Gasteiger partial charge in [-0.15, -0.1) is 0 Å². The van der Waals surface area contributed by atoms with Crippen molar-refractivity contribution in [1.29, 1.82) is 0 Å². The number of piperidine rings is 1. The van der Waals surface area contributed by atoms with Crippen molar-refractivity contribution in [1.82, 2.24) is 0 Å². The fraction of sp³-hybridized carbons (Fsp3) is 0.462. The minimum atomic E-state index is -0.971. The van der Waals surface area contributed by atoms with Crippen LogP contribution in [0, 0.1) is 5.82 Å². The largest absolute Gasteiger partial charge is 0.544 e. The molecule has 92 valence electrons. The van der Waals surface area contributed by atoms with Gasteiger partial charge in [-0.3, -0.25) is 0 Å². The fourth-order valence-corrected chi connectivity index (χ4v) is 2.44. The van der Waals surface area contributed by atoms with E-state index in [-0.39, 0.29) is 5.82 Å². The van der Waals surface area contributed by atoms with Gasteiger partial charge >= 0.3 is 0 Å². The molecule has 1 fully saturated rings. The maximum atomic E-state index is 12.8. The molecule has 0 spiro atoms. The first kappa shape index (κ1) is 12.0. The highest BCUT2D eigenvalue weighted by molar-refractivity contribution is 5.69. The van der Waals surface area contributed by atoms with Gasteiger partial charge < -0.3 is 14.8 Å². The summed E-state index contributed by atoms with van der Waals surface area (Å²) in [6, 6.07) is 5.82. The van der Waals surface area contributed by atoms with E-state index in [1.165, 1.54) is 12.1 Å². The lowest BCUT2D eigenvalue weighted by Crippen LogP contribution is -3.17. The number of aliphatic carboxylic acids is 1. The van der Waals surface area contributed by atoms with E-state index in [0.717, 1.165) is 29.8 Å². The van der Waals surface area contributed by atoms with Crippen molar-refractivity contribution in [3.05, 3.63) is 35.6 Å². The van der Waals surface area contributed by atoms with Gasteiger partial charge in [0.05, 0.1) is 12.5 Å². The van der Waals surface area contributed by atoms with Gasteiger partial charge in [0.15, 0.2) is 0 Å². The Bertz CT molecular complexity index is 391. The van der Waals surface area contributed by atoms with Gasteiger partial charge in [0.25, 0.3) is 0 Å². The third-order valence-corrected chi connectivity index (χ3v) is 3.36. The lowest BCUT2D eigenvalue weighted by atomic mass is 10.0. The Balaban J connectivity index is 2.05. The van der Waals surface area contributed by atoms with E-state index in [1.807, 2.05) is 0 Å². The molecule has 1 unspecified atom stereocenters. The van der Waals surface area contributed by atoms with Gasteiger partial charge in [-0.2, -0.15) is 0 Å². The average molecular weight is 237 g/mol. The highest BCUT2D eigenvalue weighted by Crippen LogP contribution is 2.05. The van der Waals surface area contributed by atoms with Crippen molar-refractivity contribution in [2.75, 3.05) is 6.54 Å². The fourth-order valence-electron chi connectivity index (χ4n) is 2.44. The number of rotatable bonds is 3. The molecule has 0 amide bonds. The monoisotopic (exact) mass is 237 g/mol. The zero-order valence-electron chi connectivity index (χ0n) is 9.62. The van der Waals surface area contributed by atoms with Gasteiger partial charge in [-0.1, -0.05) is 12.1 Å². The Morgan fingerprint density at radius 1 is 1.35 bits per heavy atom. The molecule has 0 bridgehead atoms. The van der Waals surface area contributed by atoms with Crippen LogP contribution in [0.1, 0.15) is 24.8 Å². The number of hydrogen-bond donors (Lipinski definition) is 1. The minimum Gasteiger partial charge on any atom is -0.544 e. The third-order valence-electron chi connectivity index (χ3n) is 3.36. The molecule has 1 aliphatic rings. The molecule has 1 saturated heterocycles. The first-order chi connectivity index (χ1) is 8.16. The van der Waals surface area contributed by atoms with Crippen LogP contribution >= 0.6 is 0 Å². The SMILES string of the molecule is O=C([O-])[C@H]1CCCC[NH+]1Cc1ccc(F)cc1. The molecule has 4 heteroatoms. The predicted octanol–water partition coefficient (Wildman–Crippen LogP) is -0.487. The summed E-state index contributed by atoms with van der Waals surface area (Å²) in [4.78, 5) is 12.0. The van der Waals surface area contributed by atoms with Gasteiger partial charge in [-0.25, -0.2) is 4.39 Å². The molecular formula is C13H16FNO2. The van der Waals surface area contributed by atoms with Crippen LogP contribution in [0.5, 0.6) is 0 Å². The van der Waals surface area contributed by atoms with Gasteiger partial charge in [0.1, 0.15) is 18.4 Å². The predicted molar refractivity (Wildman–Crippen MR) is 58.6 cm³/mol. The molecule has 0 saturated carbocycles. The number of quaternary nitrogens is 1. The lowest BCUT2D eigenvalue weighted by Gasteiger charge is -2.33.